The summed E-state index contributed by atoms with van der Waals surface area (Å²) in [5.41, 5.74) is 4.58. The Bertz CT molecular complexity index is 1050. The molecule has 1 N–H and O–H groups in total. The quantitative estimate of drug-likeness (QED) is 0.679. The highest BCUT2D eigenvalue weighted by molar-refractivity contribution is 7.92. The Morgan fingerprint density at radius 3 is 2.23 bits per heavy atom. The first-order valence-corrected chi connectivity index (χ1v) is 11.8. The molecule has 2 rings (SSSR count). The van der Waals surface area contributed by atoms with Crippen LogP contribution < -0.4 is 14.4 Å². The van der Waals surface area contributed by atoms with Crippen molar-refractivity contribution >= 4 is 33.2 Å². The molecule has 8 heteroatoms. The third kappa shape index (κ3) is 5.26. The van der Waals surface area contributed by atoms with Crippen LogP contribution in [-0.4, -0.2) is 33.7 Å². The van der Waals surface area contributed by atoms with Crippen molar-refractivity contribution in [2.75, 3.05) is 17.7 Å². The fourth-order valence-electron chi connectivity index (χ4n) is 3.48. The van der Waals surface area contributed by atoms with Gasteiger partial charge in [0.25, 0.3) is 0 Å². The lowest BCUT2D eigenvalue weighted by atomic mass is 9.96. The Morgan fingerprint density at radius 1 is 1.07 bits per heavy atom. The van der Waals surface area contributed by atoms with Crippen LogP contribution in [0.3, 0.4) is 0 Å². The van der Waals surface area contributed by atoms with Crippen LogP contribution in [0, 0.1) is 20.8 Å². The summed E-state index contributed by atoms with van der Waals surface area (Å²) in [5.74, 6) is -0.116. The van der Waals surface area contributed by atoms with Crippen LogP contribution in [0.2, 0.25) is 5.02 Å². The van der Waals surface area contributed by atoms with Crippen LogP contribution >= 0.6 is 11.6 Å². The van der Waals surface area contributed by atoms with E-state index in [4.69, 9.17) is 16.3 Å². The van der Waals surface area contributed by atoms with Gasteiger partial charge in [-0.25, -0.2) is 8.42 Å². The molecule has 1 amide bonds. The molecule has 6 nitrogen and oxygen atoms in total. The van der Waals surface area contributed by atoms with Gasteiger partial charge in [-0.05, 0) is 75.1 Å². The second-order valence-electron chi connectivity index (χ2n) is 7.57. The molecule has 2 atom stereocenters. The molecule has 2 aromatic carbocycles. The lowest BCUT2D eigenvalue weighted by Crippen LogP contribution is -2.48. The number of carbonyl (C=O) groups excluding carboxylic acids is 1. The number of rotatable bonds is 7. The minimum absolute atomic E-state index is 0.213. The van der Waals surface area contributed by atoms with E-state index in [0.29, 0.717) is 10.8 Å². The molecule has 0 radical (unpaired) electrons. The van der Waals surface area contributed by atoms with Gasteiger partial charge in [0, 0.05) is 5.02 Å². The number of methoxy groups -OCH3 is 1. The molecule has 0 saturated carbocycles. The SMILES string of the molecule is COc1ccc(Cl)cc1N([C@H](C)C(=O)N[C@H](C)c1cc(C)c(C)cc1C)S(C)(=O)=O. The van der Waals surface area contributed by atoms with Gasteiger partial charge in [0.2, 0.25) is 15.9 Å². The molecule has 0 aromatic heterocycles. The number of aryl methyl sites for hydroxylation is 3. The molecule has 0 fully saturated rings. The van der Waals surface area contributed by atoms with Gasteiger partial charge in [0.05, 0.1) is 25.1 Å². The van der Waals surface area contributed by atoms with Gasteiger partial charge in [0.1, 0.15) is 11.8 Å². The van der Waals surface area contributed by atoms with Gasteiger partial charge >= 0.3 is 0 Å². The molecule has 0 aliphatic carbocycles. The summed E-state index contributed by atoms with van der Waals surface area (Å²) >= 11 is 6.08. The maximum atomic E-state index is 13.0. The van der Waals surface area contributed by atoms with Gasteiger partial charge in [0.15, 0.2) is 0 Å². The van der Waals surface area contributed by atoms with E-state index < -0.39 is 22.0 Å². The van der Waals surface area contributed by atoms with E-state index in [9.17, 15) is 13.2 Å². The molecule has 0 aliphatic rings. The summed E-state index contributed by atoms with van der Waals surface area (Å²) in [7, 11) is -2.37. The number of ether oxygens (including phenoxy) is 1. The number of hydrogen-bond acceptors (Lipinski definition) is 4. The Balaban J connectivity index is 2.38. The Kier molecular flexibility index (Phi) is 7.42. The minimum atomic E-state index is -3.80. The monoisotopic (exact) mass is 452 g/mol. The van der Waals surface area contributed by atoms with Gasteiger partial charge in [-0.2, -0.15) is 0 Å². The van der Waals surface area contributed by atoms with Gasteiger partial charge in [-0.1, -0.05) is 23.7 Å². The number of halogens is 1. The Hall–Kier alpha value is -2.25. The highest BCUT2D eigenvalue weighted by atomic mass is 35.5. The maximum absolute atomic E-state index is 13.0. The van der Waals surface area contributed by atoms with Crippen LogP contribution in [0.4, 0.5) is 5.69 Å². The minimum Gasteiger partial charge on any atom is -0.495 e. The normalized spacial score (nSPS) is 13.5. The van der Waals surface area contributed by atoms with E-state index in [1.165, 1.54) is 25.7 Å². The lowest BCUT2D eigenvalue weighted by molar-refractivity contribution is -0.122. The van der Waals surface area contributed by atoms with Crippen LogP contribution in [0.1, 0.15) is 42.1 Å². The number of anilines is 1. The third-order valence-corrected chi connectivity index (χ3v) is 6.64. The maximum Gasteiger partial charge on any atom is 0.244 e. The van der Waals surface area contributed by atoms with Crippen molar-refractivity contribution < 1.29 is 17.9 Å². The standard InChI is InChI=1S/C22H29ClN2O4S/c1-13-10-15(3)19(11-14(13)2)16(4)24-22(26)17(5)25(30(7,27)28)20-12-18(23)8-9-21(20)29-6/h8-12,16-17H,1-7H3,(H,24,26)/t16-,17-/m1/s1. The second kappa shape index (κ2) is 9.27. The number of nitrogens with zero attached hydrogens (tertiary/aromatic N) is 1. The van der Waals surface area contributed by atoms with E-state index in [0.717, 1.165) is 27.3 Å². The van der Waals surface area contributed by atoms with Crippen molar-refractivity contribution in [3.05, 3.63) is 57.6 Å². The number of hydrogen-bond donors (Lipinski definition) is 1. The van der Waals surface area contributed by atoms with Crippen molar-refractivity contribution in [3.8, 4) is 5.75 Å². The van der Waals surface area contributed by atoms with E-state index in [1.807, 2.05) is 27.7 Å². The van der Waals surface area contributed by atoms with Gasteiger partial charge < -0.3 is 10.1 Å². The summed E-state index contributed by atoms with van der Waals surface area (Å²) in [6.07, 6.45) is 1.05. The lowest BCUT2D eigenvalue weighted by Gasteiger charge is -2.30. The van der Waals surface area contributed by atoms with Crippen LogP contribution in [0.5, 0.6) is 5.75 Å². The summed E-state index contributed by atoms with van der Waals surface area (Å²) in [6.45, 7) is 9.47. The number of sulfonamides is 1. The fraction of sp³-hybridized carbons (Fsp3) is 0.409. The molecule has 2 aromatic rings. The summed E-state index contributed by atoms with van der Waals surface area (Å²) < 4.78 is 31.5. The average molecular weight is 453 g/mol. The average Bonchev–Trinajstić information content (AvgIpc) is 2.63. The van der Waals surface area contributed by atoms with E-state index in [1.54, 1.807) is 12.1 Å². The van der Waals surface area contributed by atoms with Crippen LogP contribution in [-0.2, 0) is 14.8 Å². The van der Waals surface area contributed by atoms with Gasteiger partial charge in [-0.3, -0.25) is 9.10 Å². The van der Waals surface area contributed by atoms with Gasteiger partial charge in [-0.15, -0.1) is 0 Å². The first-order chi connectivity index (χ1) is 13.9. The highest BCUT2D eigenvalue weighted by Crippen LogP contribution is 2.34. The summed E-state index contributed by atoms with van der Waals surface area (Å²) in [4.78, 5) is 13.0. The highest BCUT2D eigenvalue weighted by Gasteiger charge is 2.32. The zero-order chi connectivity index (χ0) is 22.8. The fourth-order valence-corrected chi connectivity index (χ4v) is 4.81. The number of benzene rings is 2. The Morgan fingerprint density at radius 2 is 1.67 bits per heavy atom. The molecular formula is C22H29ClN2O4S. The Labute approximate surface area is 184 Å². The predicted octanol–water partition coefficient (Wildman–Crippen LogP) is 4.31. The number of nitrogens with one attached hydrogen (secondary N) is 1. The van der Waals surface area contributed by atoms with Crippen molar-refractivity contribution in [1.29, 1.82) is 0 Å². The molecular weight excluding hydrogens is 424 g/mol. The molecule has 0 saturated heterocycles. The zero-order valence-electron chi connectivity index (χ0n) is 18.4. The number of carbonyl (C=O) groups is 1. The summed E-state index contributed by atoms with van der Waals surface area (Å²) in [6, 6.07) is 7.47. The van der Waals surface area contributed by atoms with E-state index in [2.05, 4.69) is 17.4 Å². The summed E-state index contributed by atoms with van der Waals surface area (Å²) in [5, 5.41) is 3.28. The molecule has 30 heavy (non-hydrogen) atoms. The topological polar surface area (TPSA) is 75.7 Å². The largest absolute Gasteiger partial charge is 0.495 e. The first-order valence-electron chi connectivity index (χ1n) is 9.57. The van der Waals surface area contributed by atoms with Crippen LogP contribution in [0.25, 0.3) is 0 Å². The zero-order valence-corrected chi connectivity index (χ0v) is 20.0. The molecule has 0 heterocycles. The number of amides is 1. The van der Waals surface area contributed by atoms with Crippen molar-refractivity contribution in [1.82, 2.24) is 5.32 Å². The predicted molar refractivity (Wildman–Crippen MR) is 122 cm³/mol. The van der Waals surface area contributed by atoms with Crippen molar-refractivity contribution in [2.45, 2.75) is 46.7 Å². The van der Waals surface area contributed by atoms with Crippen LogP contribution in [0.15, 0.2) is 30.3 Å². The van der Waals surface area contributed by atoms with E-state index >= 15 is 0 Å². The third-order valence-electron chi connectivity index (χ3n) is 5.17. The first kappa shape index (κ1) is 24.0. The molecule has 0 bridgehead atoms. The van der Waals surface area contributed by atoms with E-state index in [-0.39, 0.29) is 11.7 Å². The second-order valence-corrected chi connectivity index (χ2v) is 9.87. The molecule has 0 aliphatic heterocycles. The molecule has 164 valence electrons. The molecule has 0 spiro atoms. The van der Waals surface area contributed by atoms with Crippen molar-refractivity contribution in [3.63, 3.8) is 0 Å². The smallest absolute Gasteiger partial charge is 0.244 e. The van der Waals surface area contributed by atoms with Crippen molar-refractivity contribution in [2.24, 2.45) is 0 Å². The molecule has 0 unspecified atom stereocenters.